The van der Waals surface area contributed by atoms with Crippen LogP contribution < -0.4 is 0 Å². The molecule has 6 atom stereocenters. The summed E-state index contributed by atoms with van der Waals surface area (Å²) in [5.74, 6) is -2.50. The minimum atomic E-state index is -1.09. The molecule has 2 amide bonds. The van der Waals surface area contributed by atoms with Crippen LogP contribution >= 0.6 is 0 Å². The second-order valence-electron chi connectivity index (χ2n) is 11.1. The highest BCUT2D eigenvalue weighted by atomic mass is 16.6. The summed E-state index contributed by atoms with van der Waals surface area (Å²) in [6.45, 7) is 11.7. The van der Waals surface area contributed by atoms with Crippen molar-refractivity contribution in [3.63, 3.8) is 0 Å². The Labute approximate surface area is 214 Å². The molecule has 4 aliphatic rings. The van der Waals surface area contributed by atoms with Crippen LogP contribution in [-0.2, 0) is 23.9 Å². The molecule has 4 fully saturated rings. The topological polar surface area (TPSA) is 96.4 Å². The van der Waals surface area contributed by atoms with Crippen LogP contribution in [0.15, 0.2) is 25.3 Å². The first-order chi connectivity index (χ1) is 17.3. The second-order valence-corrected chi connectivity index (χ2v) is 11.1. The molecule has 1 aliphatic carbocycles. The van der Waals surface area contributed by atoms with Crippen molar-refractivity contribution in [1.82, 2.24) is 9.80 Å². The van der Waals surface area contributed by atoms with Gasteiger partial charge in [-0.1, -0.05) is 45.3 Å². The van der Waals surface area contributed by atoms with Crippen LogP contribution in [0.2, 0.25) is 0 Å². The molecule has 4 rings (SSSR count). The number of likely N-dealkylation sites (tertiary alicyclic amines) is 1. The fraction of sp³-hybridized carbons (Fsp3) is 0.750. The molecule has 2 bridgehead atoms. The minimum Gasteiger partial charge on any atom is -0.465 e. The molecule has 3 heterocycles. The maximum atomic E-state index is 14.4. The Kier molecular flexibility index (Phi) is 8.25. The number of aliphatic hydroxyl groups is 1. The molecular weight excluding hydrogens is 460 g/mol. The van der Waals surface area contributed by atoms with Crippen molar-refractivity contribution in [2.24, 2.45) is 17.8 Å². The summed E-state index contributed by atoms with van der Waals surface area (Å²) in [6, 6.07) is -1.35. The Morgan fingerprint density at radius 1 is 1.22 bits per heavy atom. The predicted molar refractivity (Wildman–Crippen MR) is 135 cm³/mol. The fourth-order valence-corrected chi connectivity index (χ4v) is 7.06. The van der Waals surface area contributed by atoms with Crippen LogP contribution in [0, 0.1) is 17.8 Å². The van der Waals surface area contributed by atoms with E-state index in [0.717, 1.165) is 32.1 Å². The van der Waals surface area contributed by atoms with Gasteiger partial charge in [-0.2, -0.15) is 0 Å². The first-order valence-corrected chi connectivity index (χ1v) is 13.6. The van der Waals surface area contributed by atoms with Crippen LogP contribution in [0.5, 0.6) is 0 Å². The van der Waals surface area contributed by atoms with Gasteiger partial charge in [0.2, 0.25) is 11.8 Å². The third-order valence-corrected chi connectivity index (χ3v) is 8.75. The smallest absolute Gasteiger partial charge is 0.312 e. The zero-order valence-corrected chi connectivity index (χ0v) is 21.8. The highest BCUT2D eigenvalue weighted by molar-refractivity contribution is 5.98. The van der Waals surface area contributed by atoms with Gasteiger partial charge in [-0.05, 0) is 38.0 Å². The Morgan fingerprint density at radius 2 is 1.94 bits per heavy atom. The number of ether oxygens (including phenoxy) is 2. The van der Waals surface area contributed by atoms with Crippen molar-refractivity contribution in [2.45, 2.75) is 95.0 Å². The third-order valence-electron chi connectivity index (χ3n) is 8.75. The first kappa shape index (κ1) is 26.9. The molecule has 200 valence electrons. The normalized spacial score (nSPS) is 32.4. The second kappa shape index (κ2) is 11.1. The SMILES string of the molecule is C=CCCOC(=O)[C@@H]1[C@@H]2CCC3(O2)C(C(=O)N(CC=C)C2CCCCC2)N([C@@H](CO)C(C)C)C(=O)[C@H]13. The summed E-state index contributed by atoms with van der Waals surface area (Å²) in [7, 11) is 0. The van der Waals surface area contributed by atoms with Crippen molar-refractivity contribution in [3.05, 3.63) is 25.3 Å². The zero-order chi connectivity index (χ0) is 26.0. The molecular formula is C28H42N2O6. The Hall–Kier alpha value is -2.19. The van der Waals surface area contributed by atoms with Crippen LogP contribution in [0.25, 0.3) is 0 Å². The number of rotatable bonds is 11. The summed E-state index contributed by atoms with van der Waals surface area (Å²) >= 11 is 0. The molecule has 8 nitrogen and oxygen atoms in total. The molecule has 3 aliphatic heterocycles. The van der Waals surface area contributed by atoms with E-state index in [1.807, 2.05) is 18.7 Å². The minimum absolute atomic E-state index is 0.0813. The number of esters is 1. The van der Waals surface area contributed by atoms with Gasteiger partial charge in [0.05, 0.1) is 37.2 Å². The van der Waals surface area contributed by atoms with E-state index in [1.54, 1.807) is 17.1 Å². The molecule has 36 heavy (non-hydrogen) atoms. The van der Waals surface area contributed by atoms with Gasteiger partial charge in [0.25, 0.3) is 0 Å². The maximum absolute atomic E-state index is 14.4. The first-order valence-electron chi connectivity index (χ1n) is 13.6. The Morgan fingerprint density at radius 3 is 2.56 bits per heavy atom. The highest BCUT2D eigenvalue weighted by Crippen LogP contribution is 2.59. The molecule has 0 aromatic carbocycles. The predicted octanol–water partition coefficient (Wildman–Crippen LogP) is 2.84. The average Bonchev–Trinajstić information content (AvgIpc) is 3.51. The van der Waals surface area contributed by atoms with Crippen LogP contribution in [0.4, 0.5) is 0 Å². The molecule has 8 heteroatoms. The van der Waals surface area contributed by atoms with Crippen molar-refractivity contribution < 1.29 is 29.0 Å². The molecule has 0 aromatic rings. The van der Waals surface area contributed by atoms with E-state index in [0.29, 0.717) is 25.8 Å². The van der Waals surface area contributed by atoms with E-state index in [2.05, 4.69) is 13.2 Å². The average molecular weight is 503 g/mol. The number of hydrogen-bond acceptors (Lipinski definition) is 6. The van der Waals surface area contributed by atoms with E-state index in [4.69, 9.17) is 9.47 Å². The van der Waals surface area contributed by atoms with Crippen LogP contribution in [-0.4, -0.2) is 82.3 Å². The lowest BCUT2D eigenvalue weighted by Gasteiger charge is -2.43. The summed E-state index contributed by atoms with van der Waals surface area (Å²) in [5.41, 5.74) is -1.09. The van der Waals surface area contributed by atoms with Gasteiger partial charge in [0.1, 0.15) is 11.6 Å². The van der Waals surface area contributed by atoms with Gasteiger partial charge in [-0.15, -0.1) is 13.2 Å². The van der Waals surface area contributed by atoms with Gasteiger partial charge in [-0.3, -0.25) is 14.4 Å². The van der Waals surface area contributed by atoms with E-state index in [-0.39, 0.29) is 37.0 Å². The summed E-state index contributed by atoms with van der Waals surface area (Å²) in [6.07, 6.45) is 9.76. The largest absolute Gasteiger partial charge is 0.465 e. The Bertz CT molecular complexity index is 868. The summed E-state index contributed by atoms with van der Waals surface area (Å²) < 4.78 is 12.0. The van der Waals surface area contributed by atoms with Gasteiger partial charge < -0.3 is 24.4 Å². The lowest BCUT2D eigenvalue weighted by Crippen LogP contribution is -2.61. The van der Waals surface area contributed by atoms with Crippen molar-refractivity contribution in [2.75, 3.05) is 19.8 Å². The van der Waals surface area contributed by atoms with E-state index in [9.17, 15) is 19.5 Å². The molecule has 1 spiro atoms. The summed E-state index contributed by atoms with van der Waals surface area (Å²) in [5, 5.41) is 10.3. The number of nitrogens with zero attached hydrogens (tertiary/aromatic N) is 2. The maximum Gasteiger partial charge on any atom is 0.312 e. The molecule has 1 saturated carbocycles. The van der Waals surface area contributed by atoms with Crippen molar-refractivity contribution in [3.8, 4) is 0 Å². The number of aliphatic hydroxyl groups excluding tert-OH is 1. The van der Waals surface area contributed by atoms with Crippen LogP contribution in [0.1, 0.15) is 65.2 Å². The molecule has 3 saturated heterocycles. The molecule has 0 radical (unpaired) electrons. The van der Waals surface area contributed by atoms with Gasteiger partial charge in [0, 0.05) is 12.6 Å². The Balaban J connectivity index is 1.73. The van der Waals surface area contributed by atoms with E-state index < -0.39 is 41.6 Å². The van der Waals surface area contributed by atoms with E-state index >= 15 is 0 Å². The van der Waals surface area contributed by atoms with Gasteiger partial charge in [-0.25, -0.2) is 0 Å². The molecule has 2 unspecified atom stereocenters. The zero-order valence-electron chi connectivity index (χ0n) is 21.8. The standard InChI is InChI=1S/C28H42N2O6/c1-5-7-16-35-27(34)22-21-13-14-28(36-21)23(22)25(32)30(20(17-31)18(3)4)24(28)26(33)29(15-6-2)19-11-9-8-10-12-19/h5-6,18-24,31H,1-2,7-17H2,3-4H3/t20-,21-,22+,23-,24?,28?/m0/s1. The molecule has 0 aromatic heterocycles. The van der Waals surface area contributed by atoms with Crippen molar-refractivity contribution in [1.29, 1.82) is 0 Å². The number of hydrogen-bond donors (Lipinski definition) is 1. The van der Waals surface area contributed by atoms with Gasteiger partial charge in [0.15, 0.2) is 0 Å². The van der Waals surface area contributed by atoms with Crippen LogP contribution in [0.3, 0.4) is 0 Å². The summed E-state index contributed by atoms with van der Waals surface area (Å²) in [4.78, 5) is 45.2. The quantitative estimate of drug-likeness (QED) is 0.265. The monoisotopic (exact) mass is 502 g/mol. The van der Waals surface area contributed by atoms with E-state index in [1.165, 1.54) is 0 Å². The number of amides is 2. The highest BCUT2D eigenvalue weighted by Gasteiger charge is 2.75. The number of fused-ring (bicyclic) bond motifs is 1. The lowest BCUT2D eigenvalue weighted by molar-refractivity contribution is -0.157. The lowest BCUT2D eigenvalue weighted by atomic mass is 9.70. The third kappa shape index (κ3) is 4.40. The number of carbonyl (C=O) groups excluding carboxylic acids is 3. The fourth-order valence-electron chi connectivity index (χ4n) is 7.06. The number of carbonyl (C=O) groups is 3. The van der Waals surface area contributed by atoms with Gasteiger partial charge >= 0.3 is 5.97 Å². The van der Waals surface area contributed by atoms with Crippen molar-refractivity contribution >= 4 is 17.8 Å². The molecule has 1 N–H and O–H groups in total.